The van der Waals surface area contributed by atoms with Crippen molar-refractivity contribution >= 4 is 0 Å². The van der Waals surface area contributed by atoms with Crippen LogP contribution in [0.5, 0.6) is 0 Å². The van der Waals surface area contributed by atoms with E-state index in [0.29, 0.717) is 0 Å². The molecule has 2 heteroatoms. The van der Waals surface area contributed by atoms with Gasteiger partial charge in [0.1, 0.15) is 0 Å². The van der Waals surface area contributed by atoms with E-state index in [1.54, 1.807) is 0 Å². The summed E-state index contributed by atoms with van der Waals surface area (Å²) in [6.07, 6.45) is 1.33. The molecule has 0 amide bonds. The maximum Gasteiger partial charge on any atom is 0.0781 e. The van der Waals surface area contributed by atoms with Crippen molar-refractivity contribution in [2.75, 3.05) is 19.6 Å². The highest BCUT2D eigenvalue weighted by Gasteiger charge is 2.22. The van der Waals surface area contributed by atoms with Crippen LogP contribution < -0.4 is 5.73 Å². The molecule has 0 radical (unpaired) electrons. The van der Waals surface area contributed by atoms with Crippen molar-refractivity contribution in [2.24, 2.45) is 5.92 Å². The van der Waals surface area contributed by atoms with Crippen LogP contribution in [0.1, 0.15) is 12.0 Å². The minimum Gasteiger partial charge on any atom is -0.357 e. The van der Waals surface area contributed by atoms with E-state index in [1.165, 1.54) is 25.1 Å². The largest absolute Gasteiger partial charge is 0.357 e. The Labute approximate surface area is 85.7 Å². The van der Waals surface area contributed by atoms with Crippen LogP contribution in [-0.4, -0.2) is 24.5 Å². The zero-order valence-electron chi connectivity index (χ0n) is 8.65. The van der Waals surface area contributed by atoms with Crippen molar-refractivity contribution in [3.63, 3.8) is 0 Å². The van der Waals surface area contributed by atoms with Crippen LogP contribution in [0.15, 0.2) is 30.3 Å². The van der Waals surface area contributed by atoms with E-state index in [0.717, 1.165) is 19.0 Å². The van der Waals surface area contributed by atoms with E-state index in [2.05, 4.69) is 41.0 Å². The summed E-state index contributed by atoms with van der Waals surface area (Å²) >= 11 is 0. The predicted molar refractivity (Wildman–Crippen MR) is 57.6 cm³/mol. The number of benzene rings is 1. The minimum absolute atomic E-state index is 0.832. The maximum absolute atomic E-state index is 3.98. The summed E-state index contributed by atoms with van der Waals surface area (Å²) in [6.45, 7) is 4.68. The molecule has 0 aliphatic carbocycles. The molecule has 1 aromatic rings. The van der Waals surface area contributed by atoms with Gasteiger partial charge in [-0.25, -0.2) is 0 Å². The molecule has 1 heterocycles. The van der Waals surface area contributed by atoms with Gasteiger partial charge in [0, 0.05) is 19.0 Å². The normalized spacial score (nSPS) is 22.8. The Kier molecular flexibility index (Phi) is 3.17. The average Bonchev–Trinajstić information content (AvgIpc) is 2.67. The predicted octanol–water partition coefficient (Wildman–Crippen LogP) is 0.750. The summed E-state index contributed by atoms with van der Waals surface area (Å²) in [5.74, 6) is 0.832. The molecule has 76 valence electrons. The molecular formula is C12H19N2+. The van der Waals surface area contributed by atoms with Gasteiger partial charge in [-0.1, -0.05) is 30.3 Å². The molecule has 0 spiro atoms. The van der Waals surface area contributed by atoms with Crippen molar-refractivity contribution in [3.05, 3.63) is 35.9 Å². The Bertz CT molecular complexity index is 271. The summed E-state index contributed by atoms with van der Waals surface area (Å²) < 4.78 is 0. The second kappa shape index (κ2) is 4.58. The van der Waals surface area contributed by atoms with E-state index in [9.17, 15) is 0 Å². The minimum atomic E-state index is 0.832. The van der Waals surface area contributed by atoms with Gasteiger partial charge in [0.25, 0.3) is 0 Å². The first-order chi connectivity index (χ1) is 6.88. The molecule has 2 nitrogen and oxygen atoms in total. The maximum atomic E-state index is 3.98. The summed E-state index contributed by atoms with van der Waals surface area (Å²) in [6, 6.07) is 10.7. The second-order valence-corrected chi connectivity index (χ2v) is 4.16. The molecule has 0 aromatic heterocycles. The number of rotatable bonds is 3. The first kappa shape index (κ1) is 9.69. The Morgan fingerprint density at radius 1 is 1.29 bits per heavy atom. The van der Waals surface area contributed by atoms with E-state index in [1.807, 2.05) is 0 Å². The van der Waals surface area contributed by atoms with E-state index in [-0.39, 0.29) is 0 Å². The summed E-state index contributed by atoms with van der Waals surface area (Å²) in [5, 5.41) is 0. The van der Waals surface area contributed by atoms with Gasteiger partial charge >= 0.3 is 0 Å². The van der Waals surface area contributed by atoms with Crippen LogP contribution in [0.4, 0.5) is 0 Å². The Balaban J connectivity index is 1.88. The molecule has 0 bridgehead atoms. The lowest BCUT2D eigenvalue weighted by atomic mass is 10.1. The third kappa shape index (κ3) is 2.34. The van der Waals surface area contributed by atoms with E-state index < -0.39 is 0 Å². The van der Waals surface area contributed by atoms with Gasteiger partial charge < -0.3 is 5.73 Å². The Morgan fingerprint density at radius 2 is 2.07 bits per heavy atom. The molecule has 1 aromatic carbocycles. The van der Waals surface area contributed by atoms with Gasteiger partial charge in [-0.2, -0.15) is 0 Å². The molecule has 1 fully saturated rings. The fourth-order valence-corrected chi connectivity index (χ4v) is 2.13. The van der Waals surface area contributed by atoms with Gasteiger partial charge in [-0.3, -0.25) is 4.90 Å². The first-order valence-corrected chi connectivity index (χ1v) is 5.44. The van der Waals surface area contributed by atoms with E-state index >= 15 is 0 Å². The second-order valence-electron chi connectivity index (χ2n) is 4.16. The number of hydrogen-bond acceptors (Lipinski definition) is 1. The van der Waals surface area contributed by atoms with Crippen LogP contribution in [0, 0.1) is 5.92 Å². The van der Waals surface area contributed by atoms with Crippen molar-refractivity contribution < 1.29 is 5.73 Å². The van der Waals surface area contributed by atoms with Crippen LogP contribution in [0.3, 0.4) is 0 Å². The lowest BCUT2D eigenvalue weighted by Gasteiger charge is -2.14. The van der Waals surface area contributed by atoms with Crippen LogP contribution >= 0.6 is 0 Å². The van der Waals surface area contributed by atoms with Crippen LogP contribution in [0.2, 0.25) is 0 Å². The van der Waals surface area contributed by atoms with Crippen molar-refractivity contribution in [1.82, 2.24) is 4.90 Å². The third-order valence-electron chi connectivity index (χ3n) is 3.03. The third-order valence-corrected chi connectivity index (χ3v) is 3.03. The molecule has 1 saturated heterocycles. The number of quaternary nitrogens is 1. The lowest BCUT2D eigenvalue weighted by molar-refractivity contribution is -0.378. The van der Waals surface area contributed by atoms with Gasteiger partial charge in [-0.05, 0) is 18.5 Å². The number of likely N-dealkylation sites (tertiary alicyclic amines) is 1. The highest BCUT2D eigenvalue weighted by molar-refractivity contribution is 5.14. The summed E-state index contributed by atoms with van der Waals surface area (Å²) in [7, 11) is 0. The fraction of sp³-hybridized carbons (Fsp3) is 0.500. The Morgan fingerprint density at radius 3 is 2.71 bits per heavy atom. The van der Waals surface area contributed by atoms with Crippen molar-refractivity contribution in [3.8, 4) is 0 Å². The molecule has 0 unspecified atom stereocenters. The van der Waals surface area contributed by atoms with Crippen LogP contribution in [0.25, 0.3) is 0 Å². The van der Waals surface area contributed by atoms with Crippen molar-refractivity contribution in [2.45, 2.75) is 13.0 Å². The van der Waals surface area contributed by atoms with Gasteiger partial charge in [0.15, 0.2) is 0 Å². The highest BCUT2D eigenvalue weighted by atomic mass is 15.1. The molecule has 3 N–H and O–H groups in total. The first-order valence-electron chi connectivity index (χ1n) is 5.44. The SMILES string of the molecule is [NH3+]C[C@H]1CCN(Cc2ccccc2)C1. The number of nitrogens with zero attached hydrogens (tertiary/aromatic N) is 1. The quantitative estimate of drug-likeness (QED) is 0.751. The summed E-state index contributed by atoms with van der Waals surface area (Å²) in [4.78, 5) is 2.53. The van der Waals surface area contributed by atoms with E-state index in [4.69, 9.17) is 0 Å². The zero-order chi connectivity index (χ0) is 9.80. The molecule has 1 atom stereocenters. The smallest absolute Gasteiger partial charge is 0.0781 e. The summed E-state index contributed by atoms with van der Waals surface area (Å²) in [5.41, 5.74) is 5.41. The monoisotopic (exact) mass is 191 g/mol. The molecule has 1 aliphatic rings. The van der Waals surface area contributed by atoms with Gasteiger partial charge in [0.2, 0.25) is 0 Å². The van der Waals surface area contributed by atoms with Crippen LogP contribution in [-0.2, 0) is 6.54 Å². The van der Waals surface area contributed by atoms with Crippen molar-refractivity contribution in [1.29, 1.82) is 0 Å². The average molecular weight is 191 g/mol. The lowest BCUT2D eigenvalue weighted by Crippen LogP contribution is -2.54. The molecular weight excluding hydrogens is 172 g/mol. The topological polar surface area (TPSA) is 30.9 Å². The molecule has 1 aliphatic heterocycles. The van der Waals surface area contributed by atoms with Gasteiger partial charge in [0.05, 0.1) is 6.54 Å². The zero-order valence-corrected chi connectivity index (χ0v) is 8.65. The molecule has 2 rings (SSSR count). The highest BCUT2D eigenvalue weighted by Crippen LogP contribution is 2.16. The standard InChI is InChI=1S/C12H18N2/c13-8-12-6-7-14(10-12)9-11-4-2-1-3-5-11/h1-5,12H,6-10,13H2/p+1/t12-/m1/s1. The van der Waals surface area contributed by atoms with Gasteiger partial charge in [-0.15, -0.1) is 0 Å². The Hall–Kier alpha value is -0.860. The number of hydrogen-bond donors (Lipinski definition) is 1. The molecule has 0 saturated carbocycles. The fourth-order valence-electron chi connectivity index (χ4n) is 2.13. The molecule has 14 heavy (non-hydrogen) atoms.